The molecule has 1 aromatic rings. The normalized spacial score (nSPS) is 15.4. The topological polar surface area (TPSA) is 70.7 Å². The van der Waals surface area contributed by atoms with Crippen molar-refractivity contribution in [3.8, 4) is 0 Å². The summed E-state index contributed by atoms with van der Waals surface area (Å²) in [6.45, 7) is 1.18. The van der Waals surface area contributed by atoms with Crippen LogP contribution in [-0.4, -0.2) is 43.3 Å². The highest BCUT2D eigenvalue weighted by molar-refractivity contribution is 9.10. The number of likely N-dealkylation sites (tertiary alicyclic amines) is 1. The number of amides is 3. The van der Waals surface area contributed by atoms with Crippen LogP contribution in [0.1, 0.15) is 12.8 Å². The van der Waals surface area contributed by atoms with Crippen LogP contribution in [0, 0.1) is 0 Å². The molecule has 1 aromatic carbocycles. The third-order valence-electron chi connectivity index (χ3n) is 3.35. The number of ether oxygens (including phenoxy) is 1. The summed E-state index contributed by atoms with van der Waals surface area (Å²) in [5.41, 5.74) is 0.730. The first-order valence-corrected chi connectivity index (χ1v) is 7.54. The molecule has 0 aromatic heterocycles. The Balaban J connectivity index is 1.78. The van der Waals surface area contributed by atoms with E-state index in [4.69, 9.17) is 0 Å². The van der Waals surface area contributed by atoms with Gasteiger partial charge in [0.05, 0.1) is 7.11 Å². The lowest BCUT2D eigenvalue weighted by Crippen LogP contribution is -2.47. The molecule has 2 rings (SSSR count). The van der Waals surface area contributed by atoms with Crippen molar-refractivity contribution in [3.63, 3.8) is 0 Å². The van der Waals surface area contributed by atoms with Gasteiger partial charge < -0.3 is 20.3 Å². The molecule has 0 unspecified atom stereocenters. The summed E-state index contributed by atoms with van der Waals surface area (Å²) in [6.07, 6.45) is 1.13. The van der Waals surface area contributed by atoms with Gasteiger partial charge in [-0.3, -0.25) is 0 Å². The van der Waals surface area contributed by atoms with Crippen LogP contribution in [-0.2, 0) is 4.74 Å². The first kappa shape index (κ1) is 15.6. The molecule has 0 bridgehead atoms. The van der Waals surface area contributed by atoms with Gasteiger partial charge in [0, 0.05) is 29.3 Å². The highest BCUT2D eigenvalue weighted by Gasteiger charge is 2.24. The minimum atomic E-state index is -0.313. The molecule has 21 heavy (non-hydrogen) atoms. The molecular formula is C14H18BrN3O3. The van der Waals surface area contributed by atoms with Crippen LogP contribution in [0.2, 0.25) is 0 Å². The number of hydrogen-bond acceptors (Lipinski definition) is 3. The molecule has 0 saturated carbocycles. The number of piperidine rings is 1. The average Bonchev–Trinajstić information content (AvgIpc) is 2.47. The Labute approximate surface area is 132 Å². The van der Waals surface area contributed by atoms with E-state index >= 15 is 0 Å². The quantitative estimate of drug-likeness (QED) is 0.856. The maximum atomic E-state index is 11.9. The Morgan fingerprint density at radius 3 is 2.67 bits per heavy atom. The van der Waals surface area contributed by atoms with Crippen molar-refractivity contribution in [3.05, 3.63) is 28.7 Å². The number of hydrogen-bond donors (Lipinski definition) is 2. The largest absolute Gasteiger partial charge is 0.453 e. The molecule has 114 valence electrons. The van der Waals surface area contributed by atoms with Crippen molar-refractivity contribution >= 4 is 33.7 Å². The predicted octanol–water partition coefficient (Wildman–Crippen LogP) is 2.80. The molecular weight excluding hydrogens is 338 g/mol. The molecule has 1 aliphatic rings. The van der Waals surface area contributed by atoms with Crippen molar-refractivity contribution in [2.75, 3.05) is 25.5 Å². The van der Waals surface area contributed by atoms with E-state index in [1.165, 1.54) is 7.11 Å². The number of benzene rings is 1. The van der Waals surface area contributed by atoms with Crippen LogP contribution >= 0.6 is 15.9 Å². The summed E-state index contributed by atoms with van der Waals surface area (Å²) in [4.78, 5) is 24.9. The number of nitrogens with zero attached hydrogens (tertiary/aromatic N) is 1. The summed E-state index contributed by atoms with van der Waals surface area (Å²) in [7, 11) is 1.37. The zero-order valence-corrected chi connectivity index (χ0v) is 13.4. The number of carbonyl (C=O) groups excluding carboxylic acids is 2. The molecule has 6 nitrogen and oxygen atoms in total. The zero-order chi connectivity index (χ0) is 15.2. The number of anilines is 1. The molecule has 1 heterocycles. The highest BCUT2D eigenvalue weighted by atomic mass is 79.9. The second-order valence-electron chi connectivity index (χ2n) is 4.84. The van der Waals surface area contributed by atoms with Gasteiger partial charge in [0.15, 0.2) is 0 Å². The molecule has 0 atom stereocenters. The minimum absolute atomic E-state index is 0.0676. The fourth-order valence-electron chi connectivity index (χ4n) is 2.25. The Kier molecular flexibility index (Phi) is 5.44. The summed E-state index contributed by atoms with van der Waals surface area (Å²) in [5.74, 6) is 0. The second kappa shape index (κ2) is 7.31. The zero-order valence-electron chi connectivity index (χ0n) is 11.8. The molecule has 1 aliphatic heterocycles. The monoisotopic (exact) mass is 355 g/mol. The summed E-state index contributed by atoms with van der Waals surface area (Å²) in [6, 6.07) is 7.24. The average molecular weight is 356 g/mol. The van der Waals surface area contributed by atoms with Crippen molar-refractivity contribution in [2.24, 2.45) is 0 Å². The molecule has 0 aliphatic carbocycles. The van der Waals surface area contributed by atoms with E-state index in [2.05, 4.69) is 31.3 Å². The van der Waals surface area contributed by atoms with E-state index < -0.39 is 0 Å². The lowest BCUT2D eigenvalue weighted by atomic mass is 10.1. The fourth-order valence-corrected chi connectivity index (χ4v) is 2.65. The molecule has 0 spiro atoms. The van der Waals surface area contributed by atoms with Crippen molar-refractivity contribution in [1.82, 2.24) is 10.2 Å². The lowest BCUT2D eigenvalue weighted by Gasteiger charge is -2.31. The predicted molar refractivity (Wildman–Crippen MR) is 83.3 cm³/mol. The van der Waals surface area contributed by atoms with Crippen molar-refractivity contribution in [2.45, 2.75) is 18.9 Å². The third kappa shape index (κ3) is 4.63. The van der Waals surface area contributed by atoms with Gasteiger partial charge in [-0.15, -0.1) is 0 Å². The Morgan fingerprint density at radius 1 is 1.33 bits per heavy atom. The van der Waals surface area contributed by atoms with Gasteiger partial charge in [-0.2, -0.15) is 0 Å². The standard InChI is InChI=1S/C14H18BrN3O3/c1-21-14(20)18-7-5-11(6-8-18)16-13(19)17-12-4-2-3-10(15)9-12/h2-4,9,11H,5-8H2,1H3,(H2,16,17,19). The highest BCUT2D eigenvalue weighted by Crippen LogP contribution is 2.16. The molecule has 0 radical (unpaired) electrons. The van der Waals surface area contributed by atoms with Gasteiger partial charge in [-0.05, 0) is 31.0 Å². The molecule has 2 N–H and O–H groups in total. The van der Waals surface area contributed by atoms with Gasteiger partial charge in [-0.25, -0.2) is 9.59 Å². The first-order chi connectivity index (χ1) is 10.1. The van der Waals surface area contributed by atoms with Crippen molar-refractivity contribution < 1.29 is 14.3 Å². The smallest absolute Gasteiger partial charge is 0.409 e. The number of carbonyl (C=O) groups is 2. The third-order valence-corrected chi connectivity index (χ3v) is 3.84. The fraction of sp³-hybridized carbons (Fsp3) is 0.429. The summed E-state index contributed by atoms with van der Waals surface area (Å²) in [5, 5.41) is 5.71. The second-order valence-corrected chi connectivity index (χ2v) is 5.76. The van der Waals surface area contributed by atoms with E-state index in [9.17, 15) is 9.59 Å². The maximum absolute atomic E-state index is 11.9. The molecule has 3 amide bonds. The van der Waals surface area contributed by atoms with Crippen molar-refractivity contribution in [1.29, 1.82) is 0 Å². The van der Waals surface area contributed by atoms with E-state index in [0.29, 0.717) is 13.1 Å². The van der Waals surface area contributed by atoms with Crippen LogP contribution < -0.4 is 10.6 Å². The lowest BCUT2D eigenvalue weighted by molar-refractivity contribution is 0.110. The van der Waals surface area contributed by atoms with Crippen LogP contribution in [0.15, 0.2) is 28.7 Å². The van der Waals surface area contributed by atoms with E-state index in [1.54, 1.807) is 4.90 Å². The van der Waals surface area contributed by atoms with Crippen LogP contribution in [0.5, 0.6) is 0 Å². The van der Waals surface area contributed by atoms with Gasteiger partial charge in [0.1, 0.15) is 0 Å². The molecule has 1 fully saturated rings. The van der Waals surface area contributed by atoms with Gasteiger partial charge in [-0.1, -0.05) is 22.0 Å². The number of nitrogens with one attached hydrogen (secondary N) is 2. The van der Waals surface area contributed by atoms with E-state index in [0.717, 1.165) is 23.0 Å². The van der Waals surface area contributed by atoms with E-state index in [1.807, 2.05) is 24.3 Å². The maximum Gasteiger partial charge on any atom is 0.409 e. The number of urea groups is 1. The molecule has 7 heteroatoms. The Morgan fingerprint density at radius 2 is 2.05 bits per heavy atom. The molecule has 1 saturated heterocycles. The number of rotatable bonds is 2. The summed E-state index contributed by atoms with van der Waals surface area (Å²) >= 11 is 3.36. The SMILES string of the molecule is COC(=O)N1CCC(NC(=O)Nc2cccc(Br)c2)CC1. The van der Waals surface area contributed by atoms with Crippen LogP contribution in [0.25, 0.3) is 0 Å². The van der Waals surface area contributed by atoms with E-state index in [-0.39, 0.29) is 18.2 Å². The number of methoxy groups -OCH3 is 1. The Bertz CT molecular complexity index is 516. The number of halogens is 1. The van der Waals surface area contributed by atoms with Gasteiger partial charge in [0.25, 0.3) is 0 Å². The van der Waals surface area contributed by atoms with Crippen LogP contribution in [0.4, 0.5) is 15.3 Å². The van der Waals surface area contributed by atoms with Crippen LogP contribution in [0.3, 0.4) is 0 Å². The Hall–Kier alpha value is -1.76. The minimum Gasteiger partial charge on any atom is -0.453 e. The van der Waals surface area contributed by atoms with Gasteiger partial charge >= 0.3 is 12.1 Å². The first-order valence-electron chi connectivity index (χ1n) is 6.74. The van der Waals surface area contributed by atoms with Gasteiger partial charge in [0.2, 0.25) is 0 Å². The summed E-state index contributed by atoms with van der Waals surface area (Å²) < 4.78 is 5.59.